The number of ether oxygens (including phenoxy) is 2. The van der Waals surface area contributed by atoms with Crippen LogP contribution < -0.4 is 9.47 Å². The first-order valence-electron chi connectivity index (χ1n) is 5.08. The number of carbonyl (C=O) groups is 1. The van der Waals surface area contributed by atoms with Gasteiger partial charge in [-0.05, 0) is 45.0 Å². The molecule has 0 heterocycles. The topological polar surface area (TPSA) is 82.0 Å². The summed E-state index contributed by atoms with van der Waals surface area (Å²) < 4.78 is 33.1. The number of nitrogens with zero attached hydrogens (tertiary/aromatic N) is 1. The van der Waals surface area contributed by atoms with Gasteiger partial charge in [0.05, 0.1) is 0 Å². The van der Waals surface area contributed by atoms with E-state index in [9.17, 15) is 13.2 Å². The van der Waals surface area contributed by atoms with Gasteiger partial charge in [0, 0.05) is 0 Å². The van der Waals surface area contributed by atoms with E-state index in [1.54, 1.807) is 12.1 Å². The van der Waals surface area contributed by atoms with E-state index in [-0.39, 0.29) is 11.4 Å². The van der Waals surface area contributed by atoms with Crippen molar-refractivity contribution in [1.82, 2.24) is 0 Å². The van der Waals surface area contributed by atoms with E-state index >= 15 is 0 Å². The monoisotopic (exact) mass is 271 g/mol. The van der Waals surface area contributed by atoms with E-state index in [0.29, 0.717) is 5.75 Å². The second kappa shape index (κ2) is 5.63. The molecule has 0 fully saturated rings. The highest BCUT2D eigenvalue weighted by Crippen LogP contribution is 2.21. The number of hydrogen-bond donors (Lipinski definition) is 0. The summed E-state index contributed by atoms with van der Waals surface area (Å²) >= 11 is 0. The molecule has 0 saturated heterocycles. The Morgan fingerprint density at radius 3 is 2.06 bits per heavy atom. The van der Waals surface area contributed by atoms with Crippen LogP contribution in [0.1, 0.15) is 20.8 Å². The van der Waals surface area contributed by atoms with E-state index < -0.39 is 16.6 Å². The lowest BCUT2D eigenvalue weighted by atomic mass is 10.2. The van der Waals surface area contributed by atoms with Gasteiger partial charge >= 0.3 is 16.6 Å². The summed E-state index contributed by atoms with van der Waals surface area (Å²) in [4.78, 5) is 10.9. The molecule has 98 valence electrons. The second-order valence-corrected chi connectivity index (χ2v) is 4.98. The molecule has 0 aliphatic heterocycles. The van der Waals surface area contributed by atoms with Gasteiger partial charge < -0.3 is 9.47 Å². The SMILES string of the molecule is CC(C)(C)Oc1ccc(OC(=O)N=S(=O)=O)cc1. The number of carbonyl (C=O) groups excluding carboxylic acids is 1. The normalized spacial score (nSPS) is 10.6. The first-order chi connectivity index (χ1) is 8.26. The first kappa shape index (κ1) is 14.2. The Morgan fingerprint density at radius 1 is 1.11 bits per heavy atom. The highest BCUT2D eigenvalue weighted by molar-refractivity contribution is 7.62. The minimum atomic E-state index is -2.81. The van der Waals surface area contributed by atoms with Crippen molar-refractivity contribution in [3.8, 4) is 11.5 Å². The molecule has 0 spiro atoms. The number of benzene rings is 1. The standard InChI is InChI=1S/C11H13NO5S/c1-11(2,3)17-9-6-4-8(5-7-9)16-10(13)12-18(14)15/h4-7H,1-3H3. The Kier molecular flexibility index (Phi) is 4.43. The lowest BCUT2D eigenvalue weighted by molar-refractivity contribution is 0.131. The van der Waals surface area contributed by atoms with Gasteiger partial charge in [0.2, 0.25) is 0 Å². The van der Waals surface area contributed by atoms with Crippen molar-refractivity contribution in [3.05, 3.63) is 24.3 Å². The molecule has 7 heteroatoms. The molecule has 1 aromatic carbocycles. The molecule has 0 saturated carbocycles. The molecular weight excluding hydrogens is 258 g/mol. The third-order valence-corrected chi connectivity index (χ3v) is 1.90. The molecule has 6 nitrogen and oxygen atoms in total. The Labute approximate surface area is 106 Å². The number of rotatable bonds is 2. The molecule has 18 heavy (non-hydrogen) atoms. The molecule has 1 rings (SSSR count). The van der Waals surface area contributed by atoms with E-state index in [1.165, 1.54) is 12.1 Å². The Bertz CT molecular complexity index is 546. The highest BCUT2D eigenvalue weighted by Gasteiger charge is 2.11. The molecule has 0 N–H and O–H groups in total. The van der Waals surface area contributed by atoms with Crippen LogP contribution in [0.5, 0.6) is 11.5 Å². The van der Waals surface area contributed by atoms with Crippen LogP contribution in [0.2, 0.25) is 0 Å². The van der Waals surface area contributed by atoms with Crippen LogP contribution in [0.15, 0.2) is 28.6 Å². The molecule has 1 aromatic rings. The molecule has 1 amide bonds. The van der Waals surface area contributed by atoms with Crippen LogP contribution >= 0.6 is 0 Å². The minimum absolute atomic E-state index is 0.190. The third-order valence-electron chi connectivity index (χ3n) is 1.60. The van der Waals surface area contributed by atoms with Gasteiger partial charge in [-0.15, -0.1) is 0 Å². The van der Waals surface area contributed by atoms with Crippen molar-refractivity contribution in [2.75, 3.05) is 0 Å². The Balaban J connectivity index is 2.72. The van der Waals surface area contributed by atoms with Crippen LogP contribution in [0.4, 0.5) is 4.79 Å². The molecule has 0 aliphatic carbocycles. The largest absolute Gasteiger partial charge is 0.488 e. The van der Waals surface area contributed by atoms with Gasteiger partial charge in [0.25, 0.3) is 0 Å². The first-order valence-corrected chi connectivity index (χ1v) is 6.11. The molecule has 0 atom stereocenters. The fourth-order valence-electron chi connectivity index (χ4n) is 1.11. The van der Waals surface area contributed by atoms with Gasteiger partial charge in [0.1, 0.15) is 17.1 Å². The lowest BCUT2D eigenvalue weighted by Crippen LogP contribution is -2.22. The van der Waals surface area contributed by atoms with Gasteiger partial charge in [-0.3, -0.25) is 0 Å². The van der Waals surface area contributed by atoms with E-state index in [4.69, 9.17) is 4.74 Å². The summed E-state index contributed by atoms with van der Waals surface area (Å²) in [5.41, 5.74) is -0.326. The van der Waals surface area contributed by atoms with Crippen molar-refractivity contribution in [2.45, 2.75) is 26.4 Å². The van der Waals surface area contributed by atoms with E-state index in [0.717, 1.165) is 0 Å². The summed E-state index contributed by atoms with van der Waals surface area (Å²) in [6.07, 6.45) is -1.19. The van der Waals surface area contributed by atoms with Crippen LogP contribution in [0, 0.1) is 0 Å². The molecule has 0 bridgehead atoms. The summed E-state index contributed by atoms with van der Waals surface area (Å²) in [7, 11) is -2.81. The maximum absolute atomic E-state index is 10.9. The van der Waals surface area contributed by atoms with Gasteiger partial charge in [0.15, 0.2) is 0 Å². The number of amides is 1. The van der Waals surface area contributed by atoms with Crippen molar-refractivity contribution in [2.24, 2.45) is 4.36 Å². The third kappa shape index (κ3) is 5.44. The summed E-state index contributed by atoms with van der Waals surface area (Å²) in [5.74, 6) is 0.807. The number of hydrogen-bond acceptors (Lipinski definition) is 5. The second-order valence-electron chi connectivity index (χ2n) is 4.36. The van der Waals surface area contributed by atoms with Crippen molar-refractivity contribution >= 4 is 16.6 Å². The van der Waals surface area contributed by atoms with Crippen LogP contribution in [0.25, 0.3) is 0 Å². The van der Waals surface area contributed by atoms with Gasteiger partial charge in [-0.1, -0.05) is 4.36 Å². The van der Waals surface area contributed by atoms with Crippen LogP contribution in [-0.2, 0) is 10.5 Å². The zero-order chi connectivity index (χ0) is 13.8. The zero-order valence-corrected chi connectivity index (χ0v) is 11.0. The van der Waals surface area contributed by atoms with Crippen molar-refractivity contribution in [1.29, 1.82) is 0 Å². The summed E-state index contributed by atoms with van der Waals surface area (Å²) in [5, 5.41) is 0. The van der Waals surface area contributed by atoms with Gasteiger partial charge in [-0.2, -0.15) is 8.42 Å². The van der Waals surface area contributed by atoms with Gasteiger partial charge in [-0.25, -0.2) is 4.79 Å². The molecule has 0 aromatic heterocycles. The average molecular weight is 271 g/mol. The fraction of sp³-hybridized carbons (Fsp3) is 0.364. The summed E-state index contributed by atoms with van der Waals surface area (Å²) in [6, 6.07) is 6.20. The van der Waals surface area contributed by atoms with Crippen LogP contribution in [-0.4, -0.2) is 20.1 Å². The maximum atomic E-state index is 10.9. The van der Waals surface area contributed by atoms with Crippen molar-refractivity contribution < 1.29 is 22.7 Å². The molecular formula is C11H13NO5S. The predicted octanol–water partition coefficient (Wildman–Crippen LogP) is 2.43. The molecule has 0 radical (unpaired) electrons. The van der Waals surface area contributed by atoms with E-state index in [2.05, 4.69) is 9.10 Å². The lowest BCUT2D eigenvalue weighted by Gasteiger charge is -2.21. The fourth-order valence-corrected chi connectivity index (χ4v) is 1.27. The average Bonchev–Trinajstić information content (AvgIpc) is 2.17. The Hall–Kier alpha value is -1.89. The zero-order valence-electron chi connectivity index (χ0n) is 10.2. The summed E-state index contributed by atoms with van der Waals surface area (Å²) in [6.45, 7) is 5.72. The maximum Gasteiger partial charge on any atom is 0.454 e. The minimum Gasteiger partial charge on any atom is -0.488 e. The smallest absolute Gasteiger partial charge is 0.454 e. The molecule has 0 aliphatic rings. The highest BCUT2D eigenvalue weighted by atomic mass is 32.2. The quantitative estimate of drug-likeness (QED) is 0.825. The van der Waals surface area contributed by atoms with E-state index in [1.807, 2.05) is 20.8 Å². The molecule has 0 unspecified atom stereocenters. The van der Waals surface area contributed by atoms with Crippen LogP contribution in [0.3, 0.4) is 0 Å². The van der Waals surface area contributed by atoms with Crippen molar-refractivity contribution in [3.63, 3.8) is 0 Å². The Morgan fingerprint density at radius 2 is 1.61 bits per heavy atom. The predicted molar refractivity (Wildman–Crippen MR) is 64.2 cm³/mol.